The maximum atomic E-state index is 14.4. The third kappa shape index (κ3) is 2.80. The molecule has 0 bridgehead atoms. The van der Waals surface area contributed by atoms with Gasteiger partial charge in [0.05, 0.1) is 12.0 Å². The highest BCUT2D eigenvalue weighted by molar-refractivity contribution is 5.86. The van der Waals surface area contributed by atoms with E-state index in [4.69, 9.17) is 4.74 Å². The summed E-state index contributed by atoms with van der Waals surface area (Å²) in [6, 6.07) is 4.45. The summed E-state index contributed by atoms with van der Waals surface area (Å²) >= 11 is 0. The molecule has 23 heavy (non-hydrogen) atoms. The molecule has 3 rings (SSSR count). The van der Waals surface area contributed by atoms with Crippen molar-refractivity contribution in [2.75, 3.05) is 6.61 Å². The van der Waals surface area contributed by atoms with Gasteiger partial charge in [0.25, 0.3) is 0 Å². The number of ether oxygens (including phenoxy) is 1. The molecule has 0 spiro atoms. The topological polar surface area (TPSA) is 26.3 Å². The van der Waals surface area contributed by atoms with Crippen LogP contribution in [-0.2, 0) is 4.79 Å². The van der Waals surface area contributed by atoms with Crippen molar-refractivity contribution in [3.05, 3.63) is 41.2 Å². The smallest absolute Gasteiger partial charge is 0.175 e. The Morgan fingerprint density at radius 1 is 1.09 bits per heavy atom. The summed E-state index contributed by atoms with van der Waals surface area (Å²) in [6.45, 7) is 1.93. The van der Waals surface area contributed by atoms with Gasteiger partial charge in [0.2, 0.25) is 0 Å². The zero-order chi connectivity index (χ0) is 16.6. The first-order chi connectivity index (χ1) is 11.0. The van der Waals surface area contributed by atoms with Crippen molar-refractivity contribution in [3.8, 4) is 5.75 Å². The second-order valence-corrected chi connectivity index (χ2v) is 5.82. The summed E-state index contributed by atoms with van der Waals surface area (Å²) in [5.41, 5.74) is 0.228. The minimum Gasteiger partial charge on any atom is -0.491 e. The van der Waals surface area contributed by atoms with Crippen molar-refractivity contribution in [1.29, 1.82) is 0 Å². The third-order valence-electron chi connectivity index (χ3n) is 4.40. The highest BCUT2D eigenvalue weighted by atomic mass is 19.2. The molecule has 0 saturated heterocycles. The lowest BCUT2D eigenvalue weighted by Crippen LogP contribution is -2.14. The summed E-state index contributed by atoms with van der Waals surface area (Å²) in [4.78, 5) is 11.3. The van der Waals surface area contributed by atoms with Gasteiger partial charge in [-0.25, -0.2) is 13.2 Å². The van der Waals surface area contributed by atoms with Crippen LogP contribution in [0.1, 0.15) is 44.1 Å². The Bertz CT molecular complexity index is 761. The summed E-state index contributed by atoms with van der Waals surface area (Å²) in [7, 11) is 0. The van der Waals surface area contributed by atoms with Gasteiger partial charge in [0, 0.05) is 12.8 Å². The third-order valence-corrected chi connectivity index (χ3v) is 4.40. The second-order valence-electron chi connectivity index (χ2n) is 5.82. The Morgan fingerprint density at radius 2 is 1.78 bits per heavy atom. The minimum atomic E-state index is -1.19. The van der Waals surface area contributed by atoms with E-state index >= 15 is 0 Å². The molecule has 0 heterocycles. The first-order valence-corrected chi connectivity index (χ1v) is 7.77. The van der Waals surface area contributed by atoms with E-state index in [0.29, 0.717) is 31.1 Å². The summed E-state index contributed by atoms with van der Waals surface area (Å²) < 4.78 is 48.3. The molecular formula is C18H17F3O2. The van der Waals surface area contributed by atoms with Crippen molar-refractivity contribution >= 4 is 16.6 Å². The van der Waals surface area contributed by atoms with Crippen LogP contribution in [-0.4, -0.2) is 12.4 Å². The minimum absolute atomic E-state index is 0.0886. The van der Waals surface area contributed by atoms with Gasteiger partial charge in [-0.15, -0.1) is 0 Å². The molecule has 1 aliphatic rings. The average Bonchev–Trinajstić information content (AvgIpc) is 2.54. The van der Waals surface area contributed by atoms with Crippen molar-refractivity contribution in [3.63, 3.8) is 0 Å². The lowest BCUT2D eigenvalue weighted by atomic mass is 9.82. The van der Waals surface area contributed by atoms with Crippen LogP contribution in [0.2, 0.25) is 0 Å². The number of carbonyl (C=O) groups excluding carboxylic acids is 1. The number of hydrogen-bond donors (Lipinski definition) is 0. The van der Waals surface area contributed by atoms with Crippen LogP contribution < -0.4 is 4.74 Å². The fourth-order valence-electron chi connectivity index (χ4n) is 3.20. The van der Waals surface area contributed by atoms with Gasteiger partial charge in [-0.05, 0) is 48.8 Å². The van der Waals surface area contributed by atoms with Gasteiger partial charge >= 0.3 is 0 Å². The van der Waals surface area contributed by atoms with Crippen molar-refractivity contribution in [2.24, 2.45) is 0 Å². The van der Waals surface area contributed by atoms with Gasteiger partial charge in [0.1, 0.15) is 5.78 Å². The molecule has 122 valence electrons. The van der Waals surface area contributed by atoms with Crippen LogP contribution in [0.5, 0.6) is 5.75 Å². The van der Waals surface area contributed by atoms with Gasteiger partial charge in [-0.3, -0.25) is 4.79 Å². The zero-order valence-electron chi connectivity index (χ0n) is 12.8. The first-order valence-electron chi connectivity index (χ1n) is 7.77. The van der Waals surface area contributed by atoms with E-state index in [9.17, 15) is 18.0 Å². The molecule has 0 radical (unpaired) electrons. The van der Waals surface area contributed by atoms with Crippen molar-refractivity contribution in [2.45, 2.75) is 38.5 Å². The molecular weight excluding hydrogens is 305 g/mol. The van der Waals surface area contributed by atoms with Crippen LogP contribution in [0, 0.1) is 17.5 Å². The monoisotopic (exact) mass is 322 g/mol. The van der Waals surface area contributed by atoms with E-state index in [2.05, 4.69) is 0 Å². The van der Waals surface area contributed by atoms with Crippen LogP contribution in [0.25, 0.3) is 10.8 Å². The number of benzene rings is 2. The second kappa shape index (κ2) is 6.22. The number of ketones is 1. The highest BCUT2D eigenvalue weighted by Gasteiger charge is 2.26. The number of fused-ring (bicyclic) bond motifs is 1. The number of Topliss-reactive ketones (excluding diaryl/α,β-unsaturated/α-hetero) is 1. The van der Waals surface area contributed by atoms with Crippen molar-refractivity contribution in [1.82, 2.24) is 0 Å². The van der Waals surface area contributed by atoms with Crippen LogP contribution in [0.3, 0.4) is 0 Å². The molecule has 2 aromatic carbocycles. The van der Waals surface area contributed by atoms with Gasteiger partial charge < -0.3 is 4.74 Å². The summed E-state index contributed by atoms with van der Waals surface area (Å²) in [6.07, 6.45) is 1.75. The quantitative estimate of drug-likeness (QED) is 0.805. The molecule has 1 aliphatic carbocycles. The van der Waals surface area contributed by atoms with E-state index in [-0.39, 0.29) is 35.0 Å². The van der Waals surface area contributed by atoms with Crippen LogP contribution in [0.15, 0.2) is 18.2 Å². The van der Waals surface area contributed by atoms with E-state index in [1.807, 2.05) is 0 Å². The number of carbonyl (C=O) groups is 1. The van der Waals surface area contributed by atoms with E-state index in [1.165, 1.54) is 18.2 Å². The lowest BCUT2D eigenvalue weighted by molar-refractivity contribution is -0.120. The molecule has 0 aliphatic heterocycles. The molecule has 0 aromatic heterocycles. The van der Waals surface area contributed by atoms with E-state index < -0.39 is 17.5 Å². The molecule has 5 heteroatoms. The zero-order valence-corrected chi connectivity index (χ0v) is 12.8. The molecule has 0 atom stereocenters. The Morgan fingerprint density at radius 3 is 2.43 bits per heavy atom. The SMILES string of the molecule is CCOc1ccc2cc(C3CCC(=O)CC3)c(F)c(F)c2c1F. The van der Waals surface area contributed by atoms with E-state index in [1.54, 1.807) is 6.92 Å². The van der Waals surface area contributed by atoms with Gasteiger partial charge in [0.15, 0.2) is 23.2 Å². The molecule has 1 fully saturated rings. The summed E-state index contributed by atoms with van der Waals surface area (Å²) in [5, 5.41) is -0.0826. The van der Waals surface area contributed by atoms with Crippen molar-refractivity contribution < 1.29 is 22.7 Å². The number of rotatable bonds is 3. The molecule has 1 saturated carbocycles. The molecule has 2 aromatic rings. The Balaban J connectivity index is 2.11. The Labute approximate surface area is 132 Å². The highest BCUT2D eigenvalue weighted by Crippen LogP contribution is 2.38. The predicted octanol–water partition coefficient (Wildman–Crippen LogP) is 4.88. The lowest BCUT2D eigenvalue weighted by Gasteiger charge is -2.22. The van der Waals surface area contributed by atoms with Gasteiger partial charge in [-0.1, -0.05) is 6.07 Å². The van der Waals surface area contributed by atoms with Gasteiger partial charge in [-0.2, -0.15) is 0 Å². The largest absolute Gasteiger partial charge is 0.491 e. The number of halogens is 3. The number of hydrogen-bond acceptors (Lipinski definition) is 2. The fourth-order valence-corrected chi connectivity index (χ4v) is 3.20. The predicted molar refractivity (Wildman–Crippen MR) is 81.2 cm³/mol. The first kappa shape index (κ1) is 15.8. The maximum absolute atomic E-state index is 14.4. The normalized spacial score (nSPS) is 16.1. The average molecular weight is 322 g/mol. The Kier molecular flexibility index (Phi) is 4.28. The fraction of sp³-hybridized carbons (Fsp3) is 0.389. The van der Waals surface area contributed by atoms with E-state index in [0.717, 1.165) is 0 Å². The molecule has 0 amide bonds. The molecule has 2 nitrogen and oxygen atoms in total. The molecule has 0 N–H and O–H groups in total. The standard InChI is InChI=1S/C18H17F3O2/c1-2-23-14-8-5-11-9-13(10-3-6-12(22)7-4-10)16(19)18(21)15(11)17(14)20/h5,8-10H,2-4,6-7H2,1H3. The van der Waals surface area contributed by atoms with Crippen LogP contribution in [0.4, 0.5) is 13.2 Å². The Hall–Kier alpha value is -2.04. The summed E-state index contributed by atoms with van der Waals surface area (Å²) in [5.74, 6) is -3.24. The van der Waals surface area contributed by atoms with Crippen LogP contribution >= 0.6 is 0 Å². The maximum Gasteiger partial charge on any atom is 0.175 e. The molecule has 0 unspecified atom stereocenters.